The van der Waals surface area contributed by atoms with Gasteiger partial charge in [-0.2, -0.15) is 5.26 Å². The largest absolute Gasteiger partial charge is 0.465 e. The van der Waals surface area contributed by atoms with Crippen LogP contribution in [-0.2, 0) is 11.3 Å². The van der Waals surface area contributed by atoms with Gasteiger partial charge in [-0.1, -0.05) is 25.1 Å². The SMILES string of the molecule is CCN(CCC#N)Cc1ccccc1C(=O)OC. The van der Waals surface area contributed by atoms with Gasteiger partial charge in [0, 0.05) is 19.5 Å². The van der Waals surface area contributed by atoms with Gasteiger partial charge in [-0.15, -0.1) is 0 Å². The van der Waals surface area contributed by atoms with Gasteiger partial charge in [-0.25, -0.2) is 4.79 Å². The van der Waals surface area contributed by atoms with E-state index in [1.807, 2.05) is 25.1 Å². The summed E-state index contributed by atoms with van der Waals surface area (Å²) in [5.74, 6) is -0.318. The van der Waals surface area contributed by atoms with Gasteiger partial charge < -0.3 is 4.74 Å². The first-order valence-electron chi connectivity index (χ1n) is 5.98. The van der Waals surface area contributed by atoms with E-state index < -0.39 is 0 Å². The average Bonchev–Trinajstić information content (AvgIpc) is 2.43. The topological polar surface area (TPSA) is 53.3 Å². The van der Waals surface area contributed by atoms with Gasteiger partial charge in [0.15, 0.2) is 0 Å². The molecule has 0 spiro atoms. The molecule has 1 aromatic carbocycles. The molecular weight excluding hydrogens is 228 g/mol. The van der Waals surface area contributed by atoms with Crippen molar-refractivity contribution in [1.82, 2.24) is 4.90 Å². The van der Waals surface area contributed by atoms with Crippen LogP contribution in [0.4, 0.5) is 0 Å². The number of hydrogen-bond acceptors (Lipinski definition) is 4. The average molecular weight is 246 g/mol. The molecule has 0 N–H and O–H groups in total. The zero-order valence-corrected chi connectivity index (χ0v) is 10.8. The lowest BCUT2D eigenvalue weighted by molar-refractivity contribution is 0.0598. The molecule has 0 aliphatic heterocycles. The number of hydrogen-bond donors (Lipinski definition) is 0. The Kier molecular flexibility index (Phi) is 5.89. The van der Waals surface area contributed by atoms with Crippen molar-refractivity contribution in [3.8, 4) is 6.07 Å². The normalized spacial score (nSPS) is 10.1. The highest BCUT2D eigenvalue weighted by Crippen LogP contribution is 2.13. The number of carbonyl (C=O) groups excluding carboxylic acids is 1. The van der Waals surface area contributed by atoms with Crippen LogP contribution in [0, 0.1) is 11.3 Å². The summed E-state index contributed by atoms with van der Waals surface area (Å²) >= 11 is 0. The Hall–Kier alpha value is -1.86. The maximum absolute atomic E-state index is 11.6. The fraction of sp³-hybridized carbons (Fsp3) is 0.429. The summed E-state index contributed by atoms with van der Waals surface area (Å²) < 4.78 is 4.76. The molecule has 0 aromatic heterocycles. The molecule has 0 bridgehead atoms. The van der Waals surface area contributed by atoms with E-state index in [2.05, 4.69) is 11.0 Å². The van der Waals surface area contributed by atoms with Crippen LogP contribution in [0.1, 0.15) is 29.3 Å². The second-order valence-corrected chi connectivity index (χ2v) is 3.93. The Morgan fingerprint density at radius 2 is 2.17 bits per heavy atom. The predicted octanol–water partition coefficient (Wildman–Crippen LogP) is 2.21. The molecule has 0 heterocycles. The fourth-order valence-electron chi connectivity index (χ4n) is 1.77. The summed E-state index contributed by atoms with van der Waals surface area (Å²) in [5.41, 5.74) is 1.53. The Bertz CT molecular complexity index is 438. The minimum absolute atomic E-state index is 0.318. The van der Waals surface area contributed by atoms with E-state index in [4.69, 9.17) is 10.00 Å². The molecule has 18 heavy (non-hydrogen) atoms. The molecule has 0 unspecified atom stereocenters. The van der Waals surface area contributed by atoms with Crippen LogP contribution in [0.5, 0.6) is 0 Å². The zero-order chi connectivity index (χ0) is 13.4. The van der Waals surface area contributed by atoms with Gasteiger partial charge >= 0.3 is 5.97 Å². The van der Waals surface area contributed by atoms with Crippen molar-refractivity contribution < 1.29 is 9.53 Å². The van der Waals surface area contributed by atoms with Gasteiger partial charge in [0.25, 0.3) is 0 Å². The van der Waals surface area contributed by atoms with E-state index in [0.29, 0.717) is 25.1 Å². The minimum atomic E-state index is -0.318. The van der Waals surface area contributed by atoms with Gasteiger partial charge in [-0.3, -0.25) is 4.90 Å². The van der Waals surface area contributed by atoms with Crippen molar-refractivity contribution in [3.05, 3.63) is 35.4 Å². The highest BCUT2D eigenvalue weighted by atomic mass is 16.5. The van der Waals surface area contributed by atoms with Crippen LogP contribution in [0.2, 0.25) is 0 Å². The Morgan fingerprint density at radius 1 is 1.44 bits per heavy atom. The molecule has 1 aromatic rings. The summed E-state index contributed by atoms with van der Waals surface area (Å²) in [7, 11) is 1.38. The first-order chi connectivity index (χ1) is 8.72. The van der Waals surface area contributed by atoms with Crippen molar-refractivity contribution in [2.45, 2.75) is 19.9 Å². The van der Waals surface area contributed by atoms with E-state index in [1.54, 1.807) is 6.07 Å². The maximum atomic E-state index is 11.6. The maximum Gasteiger partial charge on any atom is 0.338 e. The Labute approximate surface area is 108 Å². The van der Waals surface area contributed by atoms with E-state index in [9.17, 15) is 4.79 Å². The number of ether oxygens (including phenoxy) is 1. The first kappa shape index (κ1) is 14.2. The van der Waals surface area contributed by atoms with Crippen molar-refractivity contribution in [2.75, 3.05) is 20.2 Å². The second-order valence-electron chi connectivity index (χ2n) is 3.93. The van der Waals surface area contributed by atoms with Gasteiger partial charge in [-0.05, 0) is 18.2 Å². The minimum Gasteiger partial charge on any atom is -0.465 e. The summed E-state index contributed by atoms with van der Waals surface area (Å²) in [5, 5.41) is 8.61. The number of esters is 1. The lowest BCUT2D eigenvalue weighted by atomic mass is 10.1. The third-order valence-electron chi connectivity index (χ3n) is 2.80. The molecule has 4 heteroatoms. The second kappa shape index (κ2) is 7.46. The molecule has 0 aliphatic rings. The molecule has 0 radical (unpaired) electrons. The highest BCUT2D eigenvalue weighted by Gasteiger charge is 2.13. The van der Waals surface area contributed by atoms with Crippen molar-refractivity contribution in [1.29, 1.82) is 5.26 Å². The van der Waals surface area contributed by atoms with E-state index in [-0.39, 0.29) is 5.97 Å². The lowest BCUT2D eigenvalue weighted by Gasteiger charge is -2.20. The van der Waals surface area contributed by atoms with E-state index in [1.165, 1.54) is 7.11 Å². The van der Waals surface area contributed by atoms with E-state index in [0.717, 1.165) is 12.1 Å². The van der Waals surface area contributed by atoms with Crippen molar-refractivity contribution in [2.24, 2.45) is 0 Å². The summed E-state index contributed by atoms with van der Waals surface area (Å²) in [6.07, 6.45) is 0.494. The number of benzene rings is 1. The Morgan fingerprint density at radius 3 is 2.78 bits per heavy atom. The van der Waals surface area contributed by atoms with Crippen LogP contribution in [0.25, 0.3) is 0 Å². The number of nitriles is 1. The number of methoxy groups -OCH3 is 1. The lowest BCUT2D eigenvalue weighted by Crippen LogP contribution is -2.25. The molecule has 0 fully saturated rings. The number of rotatable bonds is 6. The standard InChI is InChI=1S/C14H18N2O2/c1-3-16(10-6-9-15)11-12-7-4-5-8-13(12)14(17)18-2/h4-5,7-8H,3,6,10-11H2,1-2H3. The molecule has 0 amide bonds. The van der Waals surface area contributed by atoms with Crippen molar-refractivity contribution >= 4 is 5.97 Å². The van der Waals surface area contributed by atoms with Crippen LogP contribution >= 0.6 is 0 Å². The summed E-state index contributed by atoms with van der Waals surface area (Å²) in [6.45, 7) is 4.25. The van der Waals surface area contributed by atoms with Crippen LogP contribution in [0.3, 0.4) is 0 Å². The first-order valence-corrected chi connectivity index (χ1v) is 5.98. The molecule has 0 aliphatic carbocycles. The van der Waals surface area contributed by atoms with Gasteiger partial charge in [0.2, 0.25) is 0 Å². The quantitative estimate of drug-likeness (QED) is 0.722. The molecular formula is C14H18N2O2. The summed E-state index contributed by atoms with van der Waals surface area (Å²) in [6, 6.07) is 9.54. The molecule has 96 valence electrons. The molecule has 0 atom stereocenters. The van der Waals surface area contributed by atoms with Crippen LogP contribution in [-0.4, -0.2) is 31.1 Å². The van der Waals surface area contributed by atoms with Gasteiger partial charge in [0.1, 0.15) is 0 Å². The monoisotopic (exact) mass is 246 g/mol. The molecule has 1 rings (SSSR count). The van der Waals surface area contributed by atoms with E-state index >= 15 is 0 Å². The fourth-order valence-corrected chi connectivity index (χ4v) is 1.77. The van der Waals surface area contributed by atoms with Crippen LogP contribution < -0.4 is 0 Å². The molecule has 4 nitrogen and oxygen atoms in total. The van der Waals surface area contributed by atoms with Crippen molar-refractivity contribution in [3.63, 3.8) is 0 Å². The molecule has 0 saturated carbocycles. The van der Waals surface area contributed by atoms with Gasteiger partial charge in [0.05, 0.1) is 18.7 Å². The van der Waals surface area contributed by atoms with Crippen LogP contribution in [0.15, 0.2) is 24.3 Å². The Balaban J connectivity index is 2.82. The zero-order valence-electron chi connectivity index (χ0n) is 10.8. The highest BCUT2D eigenvalue weighted by molar-refractivity contribution is 5.90. The molecule has 0 saturated heterocycles. The summed E-state index contributed by atoms with van der Waals surface area (Å²) in [4.78, 5) is 13.8. The third-order valence-corrected chi connectivity index (χ3v) is 2.80. The number of carbonyl (C=O) groups is 1. The number of nitrogens with zero attached hydrogens (tertiary/aromatic N) is 2. The predicted molar refractivity (Wildman–Crippen MR) is 69.0 cm³/mol. The smallest absolute Gasteiger partial charge is 0.338 e. The third kappa shape index (κ3) is 3.86.